The lowest BCUT2D eigenvalue weighted by molar-refractivity contribution is -0.109. The van der Waals surface area contributed by atoms with Crippen molar-refractivity contribution in [2.24, 2.45) is 5.92 Å². The van der Waals surface area contributed by atoms with Gasteiger partial charge >= 0.3 is 0 Å². The molecule has 0 spiro atoms. The largest absolute Gasteiger partial charge is 0.379 e. The second-order valence-electron chi connectivity index (χ2n) is 7.10. The predicted octanol–water partition coefficient (Wildman–Crippen LogP) is 3.31. The monoisotopic (exact) mass is 227 g/mol. The Labute approximate surface area is 101 Å². The molecule has 2 nitrogen and oxygen atoms in total. The molecule has 0 amide bonds. The van der Waals surface area contributed by atoms with E-state index in [0.717, 1.165) is 0 Å². The van der Waals surface area contributed by atoms with Gasteiger partial charge in [-0.15, -0.1) is 0 Å². The number of nitrogens with zero attached hydrogens (tertiary/aromatic N) is 1. The van der Waals surface area contributed by atoms with Crippen LogP contribution in [0.5, 0.6) is 0 Å². The Morgan fingerprint density at radius 3 is 1.75 bits per heavy atom. The van der Waals surface area contributed by atoms with Crippen LogP contribution in [0.3, 0.4) is 0 Å². The summed E-state index contributed by atoms with van der Waals surface area (Å²) in [5.74, 6) is 0.624. The quantitative estimate of drug-likeness (QED) is 0.717. The van der Waals surface area contributed by atoms with Crippen LogP contribution in [0, 0.1) is 5.92 Å². The number of piperidine rings is 1. The molecule has 96 valence electrons. The second kappa shape index (κ2) is 3.99. The number of likely N-dealkylation sites (tertiary alicyclic amines) is 1. The fourth-order valence-electron chi connectivity index (χ4n) is 3.03. The first kappa shape index (κ1) is 14.0. The SMILES string of the molecule is COC(C)(C)C1CC(C)(C)N(C)C(C)(C)C1. The third kappa shape index (κ3) is 2.43. The highest BCUT2D eigenvalue weighted by atomic mass is 16.5. The molecule has 1 aliphatic rings. The van der Waals surface area contributed by atoms with Crippen molar-refractivity contribution in [3.63, 3.8) is 0 Å². The van der Waals surface area contributed by atoms with Crippen molar-refractivity contribution in [1.82, 2.24) is 4.90 Å². The summed E-state index contributed by atoms with van der Waals surface area (Å²) in [6.45, 7) is 13.8. The second-order valence-corrected chi connectivity index (χ2v) is 7.10. The third-order valence-corrected chi connectivity index (χ3v) is 4.82. The van der Waals surface area contributed by atoms with Crippen molar-refractivity contribution in [1.29, 1.82) is 0 Å². The molecular weight excluding hydrogens is 198 g/mol. The lowest BCUT2D eigenvalue weighted by Gasteiger charge is -2.56. The van der Waals surface area contributed by atoms with E-state index in [4.69, 9.17) is 4.74 Å². The minimum atomic E-state index is -0.0181. The number of ether oxygens (including phenoxy) is 1. The smallest absolute Gasteiger partial charge is 0.0652 e. The van der Waals surface area contributed by atoms with Crippen LogP contribution in [0.4, 0.5) is 0 Å². The number of hydrogen-bond donors (Lipinski definition) is 0. The molecule has 0 bridgehead atoms. The van der Waals surface area contributed by atoms with Crippen LogP contribution in [0.15, 0.2) is 0 Å². The maximum atomic E-state index is 5.68. The molecule has 0 N–H and O–H groups in total. The molecule has 1 saturated heterocycles. The van der Waals surface area contributed by atoms with Gasteiger partial charge in [0.15, 0.2) is 0 Å². The zero-order valence-corrected chi connectivity index (χ0v) is 12.3. The Hall–Kier alpha value is -0.0800. The van der Waals surface area contributed by atoms with Crippen LogP contribution in [-0.4, -0.2) is 35.7 Å². The zero-order valence-electron chi connectivity index (χ0n) is 12.3. The summed E-state index contributed by atoms with van der Waals surface area (Å²) in [6.07, 6.45) is 2.40. The van der Waals surface area contributed by atoms with Gasteiger partial charge in [-0.1, -0.05) is 0 Å². The fourth-order valence-corrected chi connectivity index (χ4v) is 3.03. The van der Waals surface area contributed by atoms with E-state index in [1.54, 1.807) is 0 Å². The standard InChI is InChI=1S/C14H29NO/c1-12(2)9-11(14(5,6)16-8)10-13(3,4)15(12)7/h11H,9-10H2,1-8H3. The van der Waals surface area contributed by atoms with Crippen LogP contribution in [0.25, 0.3) is 0 Å². The molecule has 16 heavy (non-hydrogen) atoms. The van der Waals surface area contributed by atoms with Crippen molar-refractivity contribution in [3.8, 4) is 0 Å². The molecule has 0 aromatic heterocycles. The predicted molar refractivity (Wildman–Crippen MR) is 69.7 cm³/mol. The Balaban J connectivity index is 2.95. The van der Waals surface area contributed by atoms with E-state index in [9.17, 15) is 0 Å². The first-order valence-corrected chi connectivity index (χ1v) is 6.32. The highest BCUT2D eigenvalue weighted by Crippen LogP contribution is 2.44. The van der Waals surface area contributed by atoms with Gasteiger partial charge in [-0.3, -0.25) is 4.90 Å². The minimum Gasteiger partial charge on any atom is -0.379 e. The first-order valence-electron chi connectivity index (χ1n) is 6.32. The van der Waals surface area contributed by atoms with E-state index in [1.807, 2.05) is 7.11 Å². The number of hydrogen-bond acceptors (Lipinski definition) is 2. The van der Waals surface area contributed by atoms with Gasteiger partial charge < -0.3 is 4.74 Å². The Kier molecular flexibility index (Phi) is 3.49. The molecule has 0 unspecified atom stereocenters. The minimum absolute atomic E-state index is 0.0181. The summed E-state index contributed by atoms with van der Waals surface area (Å²) >= 11 is 0. The average Bonchev–Trinajstić information content (AvgIpc) is 2.13. The maximum absolute atomic E-state index is 5.68. The van der Waals surface area contributed by atoms with Gasteiger partial charge in [0.05, 0.1) is 5.60 Å². The topological polar surface area (TPSA) is 12.5 Å². The van der Waals surface area contributed by atoms with Crippen LogP contribution in [0.2, 0.25) is 0 Å². The molecule has 1 heterocycles. The summed E-state index contributed by atoms with van der Waals surface area (Å²) in [5, 5.41) is 0. The van der Waals surface area contributed by atoms with Gasteiger partial charge in [0, 0.05) is 18.2 Å². The summed E-state index contributed by atoms with van der Waals surface area (Å²) in [6, 6.07) is 0. The van der Waals surface area contributed by atoms with Crippen molar-refractivity contribution >= 4 is 0 Å². The van der Waals surface area contributed by atoms with Gasteiger partial charge in [-0.25, -0.2) is 0 Å². The summed E-state index contributed by atoms with van der Waals surface area (Å²) in [7, 11) is 4.08. The van der Waals surface area contributed by atoms with Crippen molar-refractivity contribution in [3.05, 3.63) is 0 Å². The molecular formula is C14H29NO. The third-order valence-electron chi connectivity index (χ3n) is 4.82. The maximum Gasteiger partial charge on any atom is 0.0652 e. The number of rotatable bonds is 2. The lowest BCUT2D eigenvalue weighted by Crippen LogP contribution is -2.61. The van der Waals surface area contributed by atoms with E-state index in [2.05, 4.69) is 53.5 Å². The normalized spacial score (nSPS) is 27.0. The Morgan fingerprint density at radius 2 is 1.44 bits per heavy atom. The van der Waals surface area contributed by atoms with E-state index in [-0.39, 0.29) is 16.7 Å². The van der Waals surface area contributed by atoms with E-state index >= 15 is 0 Å². The zero-order chi connectivity index (χ0) is 12.8. The van der Waals surface area contributed by atoms with Crippen LogP contribution >= 0.6 is 0 Å². The lowest BCUT2D eigenvalue weighted by atomic mass is 9.68. The molecule has 0 saturated carbocycles. The Morgan fingerprint density at radius 1 is 1.06 bits per heavy atom. The molecule has 0 aliphatic carbocycles. The van der Waals surface area contributed by atoms with Gasteiger partial charge in [0.2, 0.25) is 0 Å². The molecule has 0 radical (unpaired) electrons. The molecule has 2 heteroatoms. The van der Waals surface area contributed by atoms with Gasteiger partial charge in [0.25, 0.3) is 0 Å². The molecule has 1 fully saturated rings. The van der Waals surface area contributed by atoms with Crippen molar-refractivity contribution < 1.29 is 4.74 Å². The highest BCUT2D eigenvalue weighted by molar-refractivity contribution is 5.02. The van der Waals surface area contributed by atoms with E-state index in [1.165, 1.54) is 12.8 Å². The first-order chi connectivity index (χ1) is 7.03. The van der Waals surface area contributed by atoms with Crippen LogP contribution in [-0.2, 0) is 4.74 Å². The molecule has 1 aliphatic heterocycles. The summed E-state index contributed by atoms with van der Waals surface area (Å²) in [4.78, 5) is 2.52. The van der Waals surface area contributed by atoms with Crippen molar-refractivity contribution in [2.75, 3.05) is 14.2 Å². The molecule has 0 aromatic carbocycles. The van der Waals surface area contributed by atoms with Crippen molar-refractivity contribution in [2.45, 2.75) is 71.1 Å². The Bertz CT molecular complexity index is 237. The van der Waals surface area contributed by atoms with E-state index < -0.39 is 0 Å². The van der Waals surface area contributed by atoms with Gasteiger partial charge in [0.1, 0.15) is 0 Å². The molecule has 1 rings (SSSR count). The van der Waals surface area contributed by atoms with Crippen LogP contribution in [0.1, 0.15) is 54.4 Å². The van der Waals surface area contributed by atoms with Gasteiger partial charge in [-0.2, -0.15) is 0 Å². The van der Waals surface area contributed by atoms with E-state index in [0.29, 0.717) is 5.92 Å². The van der Waals surface area contributed by atoms with Gasteiger partial charge in [-0.05, 0) is 67.3 Å². The highest BCUT2D eigenvalue weighted by Gasteiger charge is 2.47. The average molecular weight is 227 g/mol. The summed E-state index contributed by atoms with van der Waals surface area (Å²) < 4.78 is 5.68. The fraction of sp³-hybridized carbons (Fsp3) is 1.00. The molecule has 0 atom stereocenters. The van der Waals surface area contributed by atoms with Crippen LogP contribution < -0.4 is 0 Å². The number of methoxy groups -OCH3 is 1. The molecule has 0 aromatic rings. The summed E-state index contributed by atoms with van der Waals surface area (Å²) in [5.41, 5.74) is 0.486.